The SMILES string of the molecule is C[C@H]1[C@H](N(C)C(=O)OC(C)(C)C)CCN1C(=O)OCc1ccccc1. The summed E-state index contributed by atoms with van der Waals surface area (Å²) in [6, 6.07) is 9.37. The molecule has 0 spiro atoms. The minimum atomic E-state index is -0.540. The van der Waals surface area contributed by atoms with Crippen LogP contribution in [-0.4, -0.2) is 53.3 Å². The number of likely N-dealkylation sites (tertiary alicyclic amines) is 1. The maximum atomic E-state index is 12.4. The van der Waals surface area contributed by atoms with Crippen LogP contribution in [0.2, 0.25) is 0 Å². The van der Waals surface area contributed by atoms with Gasteiger partial charge in [0, 0.05) is 13.6 Å². The zero-order chi connectivity index (χ0) is 18.6. The average molecular weight is 348 g/mol. The molecule has 0 unspecified atom stereocenters. The summed E-state index contributed by atoms with van der Waals surface area (Å²) >= 11 is 0. The molecule has 138 valence electrons. The molecule has 0 aromatic heterocycles. The first-order valence-corrected chi connectivity index (χ1v) is 8.62. The predicted octanol–water partition coefficient (Wildman–Crippen LogP) is 3.65. The van der Waals surface area contributed by atoms with Crippen LogP contribution in [0.15, 0.2) is 30.3 Å². The maximum Gasteiger partial charge on any atom is 0.410 e. The van der Waals surface area contributed by atoms with Gasteiger partial charge in [-0.15, -0.1) is 0 Å². The molecule has 0 radical (unpaired) electrons. The molecule has 0 N–H and O–H groups in total. The second-order valence-corrected chi connectivity index (χ2v) is 7.42. The van der Waals surface area contributed by atoms with Gasteiger partial charge in [-0.1, -0.05) is 30.3 Å². The molecule has 1 aliphatic rings. The summed E-state index contributed by atoms with van der Waals surface area (Å²) in [6.07, 6.45) is -0.0162. The third-order valence-electron chi connectivity index (χ3n) is 4.33. The van der Waals surface area contributed by atoms with Crippen molar-refractivity contribution >= 4 is 12.2 Å². The maximum absolute atomic E-state index is 12.4. The number of carbonyl (C=O) groups excluding carboxylic acids is 2. The van der Waals surface area contributed by atoms with E-state index in [2.05, 4.69) is 0 Å². The van der Waals surface area contributed by atoms with E-state index in [1.165, 1.54) is 0 Å². The van der Waals surface area contributed by atoms with E-state index in [9.17, 15) is 9.59 Å². The van der Waals surface area contributed by atoms with E-state index < -0.39 is 5.60 Å². The van der Waals surface area contributed by atoms with Crippen molar-refractivity contribution in [2.75, 3.05) is 13.6 Å². The summed E-state index contributed by atoms with van der Waals surface area (Å²) in [5, 5.41) is 0. The van der Waals surface area contributed by atoms with Crippen molar-refractivity contribution in [3.8, 4) is 0 Å². The van der Waals surface area contributed by atoms with Crippen LogP contribution in [0.5, 0.6) is 0 Å². The second kappa shape index (κ2) is 7.76. The van der Waals surface area contributed by atoms with Gasteiger partial charge in [-0.25, -0.2) is 9.59 Å². The van der Waals surface area contributed by atoms with E-state index >= 15 is 0 Å². The van der Waals surface area contributed by atoms with Crippen molar-refractivity contribution in [2.24, 2.45) is 0 Å². The average Bonchev–Trinajstić information content (AvgIpc) is 2.93. The minimum absolute atomic E-state index is 0.0841. The van der Waals surface area contributed by atoms with Crippen LogP contribution < -0.4 is 0 Å². The molecule has 2 rings (SSSR count). The van der Waals surface area contributed by atoms with Gasteiger partial charge in [0.15, 0.2) is 0 Å². The summed E-state index contributed by atoms with van der Waals surface area (Å²) in [4.78, 5) is 27.9. The van der Waals surface area contributed by atoms with Crippen molar-refractivity contribution in [2.45, 2.75) is 58.4 Å². The molecule has 6 heteroatoms. The third kappa shape index (κ3) is 5.11. The number of nitrogens with zero attached hydrogens (tertiary/aromatic N) is 2. The molecule has 1 fully saturated rings. The predicted molar refractivity (Wildman–Crippen MR) is 95.2 cm³/mol. The molecule has 1 heterocycles. The molecule has 25 heavy (non-hydrogen) atoms. The van der Waals surface area contributed by atoms with E-state index in [0.717, 1.165) is 5.56 Å². The van der Waals surface area contributed by atoms with Gasteiger partial charge >= 0.3 is 12.2 Å². The molecule has 6 nitrogen and oxygen atoms in total. The lowest BCUT2D eigenvalue weighted by molar-refractivity contribution is 0.0187. The first-order chi connectivity index (χ1) is 11.7. The zero-order valence-electron chi connectivity index (χ0n) is 15.7. The van der Waals surface area contributed by atoms with Crippen molar-refractivity contribution < 1.29 is 19.1 Å². The Balaban J connectivity index is 1.90. The molecule has 2 amide bonds. The minimum Gasteiger partial charge on any atom is -0.445 e. The molecule has 1 aliphatic heterocycles. The van der Waals surface area contributed by atoms with Crippen molar-refractivity contribution in [3.63, 3.8) is 0 Å². The van der Waals surface area contributed by atoms with Gasteiger partial charge in [0.1, 0.15) is 12.2 Å². The molecule has 1 aromatic carbocycles. The summed E-state index contributed by atoms with van der Waals surface area (Å²) in [6.45, 7) is 8.25. The number of hydrogen-bond acceptors (Lipinski definition) is 4. The van der Waals surface area contributed by atoms with Gasteiger partial charge in [0.05, 0.1) is 12.1 Å². The molecule has 1 aromatic rings. The summed E-state index contributed by atoms with van der Waals surface area (Å²) < 4.78 is 10.8. The van der Waals surface area contributed by atoms with Gasteiger partial charge in [-0.05, 0) is 39.7 Å². The lowest BCUT2D eigenvalue weighted by atomic mass is 10.1. The van der Waals surface area contributed by atoms with Crippen molar-refractivity contribution in [3.05, 3.63) is 35.9 Å². The summed E-state index contributed by atoms with van der Waals surface area (Å²) in [7, 11) is 1.72. The highest BCUT2D eigenvalue weighted by molar-refractivity contribution is 5.70. The molecule has 1 saturated heterocycles. The Morgan fingerprint density at radius 2 is 1.88 bits per heavy atom. The fraction of sp³-hybridized carbons (Fsp3) is 0.579. The highest BCUT2D eigenvalue weighted by Crippen LogP contribution is 2.24. The number of rotatable bonds is 3. The van der Waals surface area contributed by atoms with Crippen LogP contribution in [0.1, 0.15) is 39.7 Å². The second-order valence-electron chi connectivity index (χ2n) is 7.42. The van der Waals surface area contributed by atoms with Crippen LogP contribution in [0.25, 0.3) is 0 Å². The monoisotopic (exact) mass is 348 g/mol. The lowest BCUT2D eigenvalue weighted by Gasteiger charge is -2.32. The first-order valence-electron chi connectivity index (χ1n) is 8.62. The number of hydrogen-bond donors (Lipinski definition) is 0. The van der Waals surface area contributed by atoms with Gasteiger partial charge in [0.2, 0.25) is 0 Å². The smallest absolute Gasteiger partial charge is 0.410 e. The molecule has 0 saturated carbocycles. The van der Waals surface area contributed by atoms with E-state index in [4.69, 9.17) is 9.47 Å². The van der Waals surface area contributed by atoms with Crippen LogP contribution in [-0.2, 0) is 16.1 Å². The van der Waals surface area contributed by atoms with Crippen LogP contribution in [0.3, 0.4) is 0 Å². The number of benzene rings is 1. The standard InChI is InChI=1S/C19H28N2O4/c1-14-16(20(5)17(22)25-19(2,3)4)11-12-21(14)18(23)24-13-15-9-7-6-8-10-15/h6-10,14,16H,11-13H2,1-5H3/t14-,16+/m0/s1. The van der Waals surface area contributed by atoms with Crippen molar-refractivity contribution in [1.29, 1.82) is 0 Å². The van der Waals surface area contributed by atoms with Crippen LogP contribution in [0.4, 0.5) is 9.59 Å². The lowest BCUT2D eigenvalue weighted by Crippen LogP contribution is -2.47. The van der Waals surface area contributed by atoms with Gasteiger partial charge in [-0.3, -0.25) is 0 Å². The topological polar surface area (TPSA) is 59.1 Å². The fourth-order valence-corrected chi connectivity index (χ4v) is 2.97. The van der Waals surface area contributed by atoms with Gasteiger partial charge in [0.25, 0.3) is 0 Å². The van der Waals surface area contributed by atoms with Gasteiger partial charge in [-0.2, -0.15) is 0 Å². The Hall–Kier alpha value is -2.24. The summed E-state index contributed by atoms with van der Waals surface area (Å²) in [5.74, 6) is 0. The Kier molecular flexibility index (Phi) is 5.93. The molecular weight excluding hydrogens is 320 g/mol. The number of ether oxygens (including phenoxy) is 2. The fourth-order valence-electron chi connectivity index (χ4n) is 2.97. The molecular formula is C19H28N2O4. The van der Waals surface area contributed by atoms with E-state index in [1.807, 2.05) is 58.0 Å². The van der Waals surface area contributed by atoms with Crippen LogP contribution >= 0.6 is 0 Å². The molecule has 2 atom stereocenters. The first kappa shape index (κ1) is 19.1. The number of amides is 2. The Morgan fingerprint density at radius 3 is 2.48 bits per heavy atom. The van der Waals surface area contributed by atoms with E-state index in [0.29, 0.717) is 13.0 Å². The van der Waals surface area contributed by atoms with Crippen molar-refractivity contribution in [1.82, 2.24) is 9.80 Å². The summed E-state index contributed by atoms with van der Waals surface area (Å²) in [5.41, 5.74) is 0.409. The third-order valence-corrected chi connectivity index (χ3v) is 4.33. The zero-order valence-corrected chi connectivity index (χ0v) is 15.7. The van der Waals surface area contributed by atoms with E-state index in [-0.39, 0.29) is 30.9 Å². The Bertz CT molecular complexity index is 597. The highest BCUT2D eigenvalue weighted by atomic mass is 16.6. The Morgan fingerprint density at radius 1 is 1.24 bits per heavy atom. The largest absolute Gasteiger partial charge is 0.445 e. The quantitative estimate of drug-likeness (QED) is 0.836. The van der Waals surface area contributed by atoms with Gasteiger partial charge < -0.3 is 19.3 Å². The molecule has 0 aliphatic carbocycles. The molecule has 0 bridgehead atoms. The number of carbonyl (C=O) groups is 2. The van der Waals surface area contributed by atoms with Crippen LogP contribution in [0, 0.1) is 0 Å². The Labute approximate surface area is 149 Å². The van der Waals surface area contributed by atoms with E-state index in [1.54, 1.807) is 16.8 Å². The highest BCUT2D eigenvalue weighted by Gasteiger charge is 2.39. The number of likely N-dealkylation sites (N-methyl/N-ethyl adjacent to an activating group) is 1. The normalized spacial score (nSPS) is 20.3.